The van der Waals surface area contributed by atoms with Gasteiger partial charge in [0.2, 0.25) is 0 Å². The molecule has 0 radical (unpaired) electrons. The largest absolute Gasteiger partial charge is 2.00 e. The van der Waals surface area contributed by atoms with E-state index in [4.69, 9.17) is 4.74 Å². The molecule has 4 aromatic rings. The number of carbonyl (C=O) groups excluding carboxylic acids is 1. The van der Waals surface area contributed by atoms with Gasteiger partial charge in [-0.1, -0.05) is 66.7 Å². The minimum absolute atomic E-state index is 0. The van der Waals surface area contributed by atoms with Gasteiger partial charge in [-0.25, -0.2) is 4.79 Å². The molecule has 0 atom stereocenters. The Balaban J connectivity index is 0.00000171. The van der Waals surface area contributed by atoms with Gasteiger partial charge in [0, 0.05) is 18.7 Å². The van der Waals surface area contributed by atoms with Gasteiger partial charge < -0.3 is 27.2 Å². The van der Waals surface area contributed by atoms with Gasteiger partial charge in [-0.3, -0.25) is 0 Å². The molecule has 1 amide bonds. The van der Waals surface area contributed by atoms with E-state index in [0.29, 0.717) is 30.0 Å². The maximum absolute atomic E-state index is 13.0. The normalized spacial score (nSPS) is 10.3. The van der Waals surface area contributed by atoms with E-state index in [1.165, 1.54) is 0 Å². The molecule has 0 unspecified atom stereocenters. The van der Waals surface area contributed by atoms with Crippen LogP contribution in [-0.4, -0.2) is 47.1 Å². The summed E-state index contributed by atoms with van der Waals surface area (Å²) in [5, 5.41) is 16.7. The van der Waals surface area contributed by atoms with Crippen LogP contribution in [0.5, 0.6) is 11.5 Å². The van der Waals surface area contributed by atoms with Crippen molar-refractivity contribution in [2.75, 3.05) is 13.1 Å². The summed E-state index contributed by atoms with van der Waals surface area (Å²) >= 11 is 0. The molecule has 0 aromatic heterocycles. The van der Waals surface area contributed by atoms with E-state index in [1.54, 1.807) is 17.0 Å². The number of hydrogen-bond donors (Lipinski definition) is 0. The zero-order valence-corrected chi connectivity index (χ0v) is 19.8. The van der Waals surface area contributed by atoms with Crippen molar-refractivity contribution in [3.63, 3.8) is 0 Å². The first-order valence-electron chi connectivity index (χ1n) is 9.81. The standard InChI is InChI=1S/C25H23NO3.ClH.Mg/c1-3-26(4-2)25(28)29-22-16-14-18-10-6-8-12-20(18)24(22)23-19-11-7-5-9-17(19)13-15-21(23)27;;/h5-16,27H,3-4H2,1-2H3;1H;/q;;+2/p-2. The fourth-order valence-electron chi connectivity index (χ4n) is 3.74. The van der Waals surface area contributed by atoms with Gasteiger partial charge in [0.05, 0.1) is 0 Å². The number of ether oxygens (including phenoxy) is 1. The fourth-order valence-corrected chi connectivity index (χ4v) is 3.74. The van der Waals surface area contributed by atoms with Crippen LogP contribution in [-0.2, 0) is 0 Å². The first kappa shape index (κ1) is 24.8. The van der Waals surface area contributed by atoms with Crippen LogP contribution in [0.4, 0.5) is 4.79 Å². The Hall–Kier alpha value is -2.47. The minimum Gasteiger partial charge on any atom is -1.00 e. The van der Waals surface area contributed by atoms with Crippen LogP contribution >= 0.6 is 0 Å². The van der Waals surface area contributed by atoms with E-state index in [9.17, 15) is 9.90 Å². The number of rotatable bonds is 4. The predicted molar refractivity (Wildman–Crippen MR) is 121 cm³/mol. The van der Waals surface area contributed by atoms with Gasteiger partial charge in [-0.2, -0.15) is 0 Å². The van der Waals surface area contributed by atoms with Gasteiger partial charge in [0.1, 0.15) is 5.75 Å². The summed E-state index contributed by atoms with van der Waals surface area (Å²) in [6, 6.07) is 22.7. The molecule has 4 aromatic carbocycles. The Morgan fingerprint density at radius 1 is 0.806 bits per heavy atom. The number of benzene rings is 4. The Labute approximate surface area is 204 Å². The van der Waals surface area contributed by atoms with Crippen molar-refractivity contribution in [3.05, 3.63) is 72.8 Å². The maximum atomic E-state index is 13.0. The molecule has 0 aliphatic heterocycles. The quantitative estimate of drug-likeness (QED) is 0.454. The number of halogens is 1. The monoisotopic (exact) mass is 443 g/mol. The van der Waals surface area contributed by atoms with Crippen LogP contribution in [0.25, 0.3) is 32.7 Å². The minimum atomic E-state index is -0.417. The Bertz CT molecular complexity index is 1210. The molecule has 0 aliphatic carbocycles. The smallest absolute Gasteiger partial charge is 1.00 e. The van der Waals surface area contributed by atoms with Crippen molar-refractivity contribution >= 4 is 50.7 Å². The molecule has 0 aliphatic rings. The molecule has 31 heavy (non-hydrogen) atoms. The summed E-state index contributed by atoms with van der Waals surface area (Å²) in [6.07, 6.45) is -0.417. The second-order valence-electron chi connectivity index (χ2n) is 6.86. The molecule has 0 N–H and O–H groups in total. The summed E-state index contributed by atoms with van der Waals surface area (Å²) < 4.78 is 5.80. The zero-order chi connectivity index (χ0) is 20.4. The summed E-state index contributed by atoms with van der Waals surface area (Å²) in [5.74, 6) is 0.300. The zero-order valence-electron chi connectivity index (χ0n) is 17.6. The summed E-state index contributed by atoms with van der Waals surface area (Å²) in [4.78, 5) is 14.3. The van der Waals surface area contributed by atoms with Crippen LogP contribution in [0.3, 0.4) is 0 Å². The average molecular weight is 444 g/mol. The van der Waals surface area contributed by atoms with Crippen LogP contribution in [0.15, 0.2) is 72.8 Å². The third kappa shape index (κ3) is 4.74. The SMILES string of the molecule is CCN(CC)C(=O)Oc1ccc2ccccc2c1-c1c([O-])ccc2ccccc12.[Cl-].[Mg+2]. The molecule has 0 fully saturated rings. The second-order valence-corrected chi connectivity index (χ2v) is 6.86. The first-order valence-corrected chi connectivity index (χ1v) is 9.81. The van der Waals surface area contributed by atoms with Crippen molar-refractivity contribution in [1.29, 1.82) is 0 Å². The predicted octanol–water partition coefficient (Wildman–Crippen LogP) is 2.20. The van der Waals surface area contributed by atoms with Gasteiger partial charge in [-0.15, -0.1) is 5.75 Å². The van der Waals surface area contributed by atoms with Crippen molar-refractivity contribution in [3.8, 4) is 22.6 Å². The molecule has 0 heterocycles. The second kappa shape index (κ2) is 10.7. The molecular formula is C25H22ClMgNO3. The Kier molecular flexibility index (Phi) is 8.57. The van der Waals surface area contributed by atoms with Crippen molar-refractivity contribution < 1.29 is 27.0 Å². The topological polar surface area (TPSA) is 52.6 Å². The van der Waals surface area contributed by atoms with E-state index >= 15 is 0 Å². The molecule has 0 saturated heterocycles. The fraction of sp³-hybridized carbons (Fsp3) is 0.160. The van der Waals surface area contributed by atoms with Crippen molar-refractivity contribution in [1.82, 2.24) is 4.90 Å². The Morgan fingerprint density at radius 3 is 1.90 bits per heavy atom. The van der Waals surface area contributed by atoms with Gasteiger partial charge in [0.15, 0.2) is 0 Å². The molecule has 4 nitrogen and oxygen atoms in total. The molecule has 0 spiro atoms. The summed E-state index contributed by atoms with van der Waals surface area (Å²) in [5.41, 5.74) is 1.22. The average Bonchev–Trinajstić information content (AvgIpc) is 2.75. The molecular weight excluding hydrogens is 422 g/mol. The third-order valence-electron chi connectivity index (χ3n) is 5.25. The third-order valence-corrected chi connectivity index (χ3v) is 5.25. The molecule has 0 saturated carbocycles. The number of nitrogens with zero attached hydrogens (tertiary/aromatic N) is 1. The molecule has 4 rings (SSSR count). The Morgan fingerprint density at radius 2 is 1.32 bits per heavy atom. The van der Waals surface area contributed by atoms with Crippen LogP contribution in [0.1, 0.15) is 13.8 Å². The van der Waals surface area contributed by atoms with E-state index < -0.39 is 6.09 Å². The maximum Gasteiger partial charge on any atom is 2.00 e. The van der Waals surface area contributed by atoms with Crippen molar-refractivity contribution in [2.45, 2.75) is 13.8 Å². The molecule has 154 valence electrons. The van der Waals surface area contributed by atoms with Crippen LogP contribution in [0.2, 0.25) is 0 Å². The number of hydrogen-bond acceptors (Lipinski definition) is 3. The van der Waals surface area contributed by atoms with Gasteiger partial charge in [-0.05, 0) is 47.0 Å². The van der Waals surface area contributed by atoms with E-state index in [2.05, 4.69) is 0 Å². The summed E-state index contributed by atoms with van der Waals surface area (Å²) in [6.45, 7) is 4.93. The number of carbonyl (C=O) groups is 1. The van der Waals surface area contributed by atoms with E-state index in [-0.39, 0.29) is 41.2 Å². The first-order chi connectivity index (χ1) is 14.1. The van der Waals surface area contributed by atoms with Gasteiger partial charge >= 0.3 is 29.1 Å². The summed E-state index contributed by atoms with van der Waals surface area (Å²) in [7, 11) is 0. The molecule has 0 bridgehead atoms. The van der Waals surface area contributed by atoms with E-state index in [0.717, 1.165) is 21.5 Å². The van der Waals surface area contributed by atoms with E-state index in [1.807, 2.05) is 74.5 Å². The molecule has 6 heteroatoms. The van der Waals surface area contributed by atoms with Crippen molar-refractivity contribution in [2.24, 2.45) is 0 Å². The van der Waals surface area contributed by atoms with Gasteiger partial charge in [0.25, 0.3) is 0 Å². The number of amides is 1. The van der Waals surface area contributed by atoms with Crippen LogP contribution < -0.4 is 22.3 Å². The van der Waals surface area contributed by atoms with Crippen LogP contribution in [0, 0.1) is 0 Å². The number of fused-ring (bicyclic) bond motifs is 2.